The van der Waals surface area contributed by atoms with E-state index >= 15 is 0 Å². The standard InChI is InChI=1S/C12H11ClN4O3S/c13-11-7-15-5-4-10(11)12(18)16-8-2-1-3-9(6-8)17-21(14,19)20/h1-7,17H,(H,16,18)(H2,14,19,20). The molecule has 9 heteroatoms. The van der Waals surface area contributed by atoms with E-state index in [0.29, 0.717) is 5.69 Å². The van der Waals surface area contributed by atoms with Crippen LogP contribution in [-0.4, -0.2) is 19.3 Å². The van der Waals surface area contributed by atoms with E-state index in [1.54, 1.807) is 12.1 Å². The topological polar surface area (TPSA) is 114 Å². The molecule has 0 fully saturated rings. The van der Waals surface area contributed by atoms with Crippen molar-refractivity contribution >= 4 is 39.1 Å². The van der Waals surface area contributed by atoms with Crippen LogP contribution in [0.3, 0.4) is 0 Å². The van der Waals surface area contributed by atoms with Crippen LogP contribution in [0.2, 0.25) is 5.02 Å². The number of anilines is 2. The Morgan fingerprint density at radius 1 is 1.24 bits per heavy atom. The maximum Gasteiger partial charge on any atom is 0.296 e. The highest BCUT2D eigenvalue weighted by atomic mass is 35.5. The highest BCUT2D eigenvalue weighted by molar-refractivity contribution is 7.90. The van der Waals surface area contributed by atoms with E-state index in [2.05, 4.69) is 15.0 Å². The number of benzene rings is 1. The number of pyridine rings is 1. The first-order chi connectivity index (χ1) is 9.85. The molecule has 0 aliphatic heterocycles. The van der Waals surface area contributed by atoms with Crippen molar-refractivity contribution in [2.24, 2.45) is 5.14 Å². The van der Waals surface area contributed by atoms with Crippen LogP contribution in [0.1, 0.15) is 10.4 Å². The van der Waals surface area contributed by atoms with Gasteiger partial charge in [-0.05, 0) is 24.3 Å². The Hall–Kier alpha value is -2.16. The first kappa shape index (κ1) is 15.2. The molecule has 0 saturated carbocycles. The monoisotopic (exact) mass is 326 g/mol. The summed E-state index contributed by atoms with van der Waals surface area (Å²) in [5.74, 6) is -0.435. The van der Waals surface area contributed by atoms with Crippen molar-refractivity contribution in [3.8, 4) is 0 Å². The van der Waals surface area contributed by atoms with Gasteiger partial charge in [0.1, 0.15) is 0 Å². The molecule has 110 valence electrons. The Balaban J connectivity index is 2.19. The molecule has 0 bridgehead atoms. The van der Waals surface area contributed by atoms with E-state index in [0.717, 1.165) is 0 Å². The fraction of sp³-hybridized carbons (Fsp3) is 0. The molecule has 1 aromatic heterocycles. The number of carbonyl (C=O) groups is 1. The van der Waals surface area contributed by atoms with Crippen LogP contribution in [0.15, 0.2) is 42.7 Å². The maximum atomic E-state index is 12.0. The molecular weight excluding hydrogens is 316 g/mol. The second kappa shape index (κ2) is 6.08. The summed E-state index contributed by atoms with van der Waals surface area (Å²) >= 11 is 5.87. The molecule has 1 aromatic carbocycles. The third-order valence-electron chi connectivity index (χ3n) is 2.40. The lowest BCUT2D eigenvalue weighted by molar-refractivity contribution is 0.102. The molecule has 0 aliphatic rings. The predicted molar refractivity (Wildman–Crippen MR) is 80.4 cm³/mol. The van der Waals surface area contributed by atoms with E-state index in [1.807, 2.05) is 0 Å². The number of nitrogens with zero attached hydrogens (tertiary/aromatic N) is 1. The molecule has 0 radical (unpaired) electrons. The lowest BCUT2D eigenvalue weighted by atomic mass is 10.2. The Bertz CT molecular complexity index is 780. The van der Waals surface area contributed by atoms with Crippen molar-refractivity contribution in [1.82, 2.24) is 4.98 Å². The first-order valence-electron chi connectivity index (χ1n) is 5.66. The summed E-state index contributed by atoms with van der Waals surface area (Å²) in [4.78, 5) is 15.8. The molecule has 0 spiro atoms. The number of hydrogen-bond acceptors (Lipinski definition) is 4. The van der Waals surface area contributed by atoms with Gasteiger partial charge in [0.05, 0.1) is 16.3 Å². The van der Waals surface area contributed by atoms with Gasteiger partial charge >= 0.3 is 0 Å². The molecule has 0 atom stereocenters. The quantitative estimate of drug-likeness (QED) is 0.791. The number of nitrogens with two attached hydrogens (primary N) is 1. The van der Waals surface area contributed by atoms with Crippen LogP contribution < -0.4 is 15.2 Å². The Kier molecular flexibility index (Phi) is 4.41. The van der Waals surface area contributed by atoms with Crippen LogP contribution >= 0.6 is 11.6 Å². The molecule has 0 aliphatic carbocycles. The molecular formula is C12H11ClN4O3S. The molecule has 1 amide bonds. The summed E-state index contributed by atoms with van der Waals surface area (Å²) in [5.41, 5.74) is 0.883. The van der Waals surface area contributed by atoms with Gasteiger partial charge in [-0.15, -0.1) is 0 Å². The van der Waals surface area contributed by atoms with Crippen LogP contribution in [-0.2, 0) is 10.2 Å². The number of aromatic nitrogens is 1. The van der Waals surface area contributed by atoms with Crippen molar-refractivity contribution in [3.63, 3.8) is 0 Å². The minimum absolute atomic E-state index is 0.216. The highest BCUT2D eigenvalue weighted by Crippen LogP contribution is 2.19. The van der Waals surface area contributed by atoms with E-state index < -0.39 is 16.1 Å². The zero-order chi connectivity index (χ0) is 15.5. The fourth-order valence-electron chi connectivity index (χ4n) is 1.58. The van der Waals surface area contributed by atoms with E-state index in [1.165, 1.54) is 30.6 Å². The van der Waals surface area contributed by atoms with Gasteiger partial charge < -0.3 is 5.32 Å². The zero-order valence-corrected chi connectivity index (χ0v) is 12.1. The van der Waals surface area contributed by atoms with Crippen LogP contribution in [0, 0.1) is 0 Å². The van der Waals surface area contributed by atoms with Gasteiger partial charge in [0.15, 0.2) is 0 Å². The number of rotatable bonds is 4. The highest BCUT2D eigenvalue weighted by Gasteiger charge is 2.11. The van der Waals surface area contributed by atoms with E-state index in [-0.39, 0.29) is 16.3 Å². The number of amides is 1. The SMILES string of the molecule is NS(=O)(=O)Nc1cccc(NC(=O)c2ccncc2Cl)c1. The van der Waals surface area contributed by atoms with E-state index in [4.69, 9.17) is 16.7 Å². The van der Waals surface area contributed by atoms with Crippen molar-refractivity contribution < 1.29 is 13.2 Å². The second-order valence-corrected chi connectivity index (χ2v) is 5.74. The molecule has 21 heavy (non-hydrogen) atoms. The van der Waals surface area contributed by atoms with Crippen LogP contribution in [0.25, 0.3) is 0 Å². The third-order valence-corrected chi connectivity index (χ3v) is 3.22. The molecule has 0 unspecified atom stereocenters. The summed E-state index contributed by atoms with van der Waals surface area (Å²) in [5, 5.41) is 7.69. The smallest absolute Gasteiger partial charge is 0.296 e. The molecule has 2 aromatic rings. The molecule has 1 heterocycles. The molecule has 0 saturated heterocycles. The molecule has 4 N–H and O–H groups in total. The summed E-state index contributed by atoms with van der Waals surface area (Å²) in [6.07, 6.45) is 2.80. The number of nitrogens with one attached hydrogen (secondary N) is 2. The van der Waals surface area contributed by atoms with Crippen molar-refractivity contribution in [2.45, 2.75) is 0 Å². The van der Waals surface area contributed by atoms with Gasteiger partial charge in [-0.1, -0.05) is 17.7 Å². The van der Waals surface area contributed by atoms with Crippen molar-refractivity contribution in [3.05, 3.63) is 53.3 Å². The largest absolute Gasteiger partial charge is 0.322 e. The average Bonchev–Trinajstić information content (AvgIpc) is 2.37. The summed E-state index contributed by atoms with van der Waals surface area (Å²) < 4.78 is 24.0. The number of hydrogen-bond donors (Lipinski definition) is 3. The second-order valence-electron chi connectivity index (χ2n) is 4.04. The number of carbonyl (C=O) groups excluding carboxylic acids is 1. The normalized spacial score (nSPS) is 11.0. The van der Waals surface area contributed by atoms with Crippen molar-refractivity contribution in [2.75, 3.05) is 10.0 Å². The lowest BCUT2D eigenvalue weighted by Gasteiger charge is -2.08. The van der Waals surface area contributed by atoms with Gasteiger partial charge in [-0.3, -0.25) is 14.5 Å². The van der Waals surface area contributed by atoms with Gasteiger partial charge in [-0.2, -0.15) is 8.42 Å². The Labute approximate surface area is 126 Å². The summed E-state index contributed by atoms with van der Waals surface area (Å²) in [7, 11) is -3.87. The molecule has 2 rings (SSSR count). The first-order valence-corrected chi connectivity index (χ1v) is 7.59. The number of halogens is 1. The zero-order valence-electron chi connectivity index (χ0n) is 10.6. The minimum Gasteiger partial charge on any atom is -0.322 e. The van der Waals surface area contributed by atoms with Gasteiger partial charge in [-0.25, -0.2) is 5.14 Å². The van der Waals surface area contributed by atoms with Crippen LogP contribution in [0.4, 0.5) is 11.4 Å². The van der Waals surface area contributed by atoms with Crippen LogP contribution in [0.5, 0.6) is 0 Å². The van der Waals surface area contributed by atoms with Gasteiger partial charge in [0.2, 0.25) is 0 Å². The average molecular weight is 327 g/mol. The van der Waals surface area contributed by atoms with E-state index in [9.17, 15) is 13.2 Å². The lowest BCUT2D eigenvalue weighted by Crippen LogP contribution is -2.21. The Morgan fingerprint density at radius 2 is 1.95 bits per heavy atom. The van der Waals surface area contributed by atoms with Gasteiger partial charge in [0, 0.05) is 18.1 Å². The predicted octanol–water partition coefficient (Wildman–Crippen LogP) is 1.60. The maximum absolute atomic E-state index is 12.0. The minimum atomic E-state index is -3.87. The third kappa shape index (κ3) is 4.42. The Morgan fingerprint density at radius 3 is 2.62 bits per heavy atom. The van der Waals surface area contributed by atoms with Gasteiger partial charge in [0.25, 0.3) is 16.1 Å². The summed E-state index contributed by atoms with van der Waals surface area (Å²) in [6.45, 7) is 0. The summed E-state index contributed by atoms with van der Waals surface area (Å²) in [6, 6.07) is 7.57. The molecule has 7 nitrogen and oxygen atoms in total. The fourth-order valence-corrected chi connectivity index (χ4v) is 2.24. The van der Waals surface area contributed by atoms with Crippen molar-refractivity contribution in [1.29, 1.82) is 0 Å².